The fourth-order valence-corrected chi connectivity index (χ4v) is 6.04. The van der Waals surface area contributed by atoms with Crippen molar-refractivity contribution >= 4 is 27.3 Å². The Kier molecular flexibility index (Phi) is 6.16. The van der Waals surface area contributed by atoms with Crippen molar-refractivity contribution in [1.82, 2.24) is 4.90 Å². The second-order valence-corrected chi connectivity index (χ2v) is 10.6. The van der Waals surface area contributed by atoms with Crippen LogP contribution >= 0.6 is 0 Å². The van der Waals surface area contributed by atoms with Crippen molar-refractivity contribution in [2.24, 2.45) is 0 Å². The number of carbonyl (C=O) groups is 2. The Bertz CT molecular complexity index is 1550. The fourth-order valence-electron chi connectivity index (χ4n) is 4.41. The highest BCUT2D eigenvalue weighted by molar-refractivity contribution is 7.91. The molecule has 0 saturated carbocycles. The van der Waals surface area contributed by atoms with Crippen molar-refractivity contribution in [3.63, 3.8) is 0 Å². The molecule has 4 aromatic rings. The van der Waals surface area contributed by atoms with Gasteiger partial charge in [-0.2, -0.15) is 0 Å². The Morgan fingerprint density at radius 2 is 1.39 bits per heavy atom. The van der Waals surface area contributed by atoms with Crippen molar-refractivity contribution in [1.29, 1.82) is 0 Å². The molecule has 5 rings (SSSR count). The summed E-state index contributed by atoms with van der Waals surface area (Å²) in [6, 6.07) is 29.6. The molecule has 1 aliphatic heterocycles. The zero-order chi connectivity index (χ0) is 25.3. The number of fused-ring (bicyclic) bond motifs is 2. The summed E-state index contributed by atoms with van der Waals surface area (Å²) in [7, 11) is -2.30. The maximum absolute atomic E-state index is 13.7. The van der Waals surface area contributed by atoms with Crippen molar-refractivity contribution in [3.8, 4) is 0 Å². The van der Waals surface area contributed by atoms with E-state index < -0.39 is 15.7 Å². The van der Waals surface area contributed by atoms with Gasteiger partial charge >= 0.3 is 0 Å². The van der Waals surface area contributed by atoms with Crippen LogP contribution in [0, 0.1) is 0 Å². The molecule has 2 amide bonds. The molecule has 0 saturated heterocycles. The predicted molar refractivity (Wildman–Crippen MR) is 138 cm³/mol. The van der Waals surface area contributed by atoms with Crippen LogP contribution < -0.4 is 4.90 Å². The minimum Gasteiger partial charge on any atom is -0.337 e. The number of hydrogen-bond donors (Lipinski definition) is 0. The molecule has 0 bridgehead atoms. The zero-order valence-corrected chi connectivity index (χ0v) is 20.5. The molecule has 0 aliphatic carbocycles. The fraction of sp³-hybridized carbons (Fsp3) is 0.103. The lowest BCUT2D eigenvalue weighted by molar-refractivity contribution is 0.0784. The second-order valence-electron chi connectivity index (χ2n) is 8.71. The van der Waals surface area contributed by atoms with Crippen LogP contribution in [0.1, 0.15) is 31.8 Å². The SMILES string of the molecule is CN(Cc1ccccc1)C(=O)c1ccc2c(c1)N(Cc1ccccc1)C(=O)c1ccccc1S2(=O)=O. The van der Waals surface area contributed by atoms with E-state index in [1.807, 2.05) is 60.7 Å². The highest BCUT2D eigenvalue weighted by Gasteiger charge is 2.36. The summed E-state index contributed by atoms with van der Waals surface area (Å²) in [6.07, 6.45) is 0. The first kappa shape index (κ1) is 23.5. The first-order chi connectivity index (χ1) is 17.4. The molecule has 7 heteroatoms. The van der Waals surface area contributed by atoms with E-state index in [0.717, 1.165) is 11.1 Å². The number of sulfone groups is 1. The van der Waals surface area contributed by atoms with Gasteiger partial charge in [0.25, 0.3) is 11.8 Å². The van der Waals surface area contributed by atoms with Crippen LogP contribution in [0.25, 0.3) is 0 Å². The van der Waals surface area contributed by atoms with E-state index in [1.165, 1.54) is 35.2 Å². The van der Waals surface area contributed by atoms with Crippen LogP contribution in [0.15, 0.2) is 113 Å². The summed E-state index contributed by atoms with van der Waals surface area (Å²) in [5.41, 5.74) is 2.42. The van der Waals surface area contributed by atoms with Gasteiger partial charge in [0, 0.05) is 19.2 Å². The van der Waals surface area contributed by atoms with E-state index in [2.05, 4.69) is 0 Å². The molecule has 4 aromatic carbocycles. The third-order valence-corrected chi connectivity index (χ3v) is 8.09. The molecule has 180 valence electrons. The molecule has 1 heterocycles. The van der Waals surface area contributed by atoms with Gasteiger partial charge < -0.3 is 9.80 Å². The number of anilines is 1. The highest BCUT2D eigenvalue weighted by Crippen LogP contribution is 2.38. The zero-order valence-electron chi connectivity index (χ0n) is 19.7. The van der Waals surface area contributed by atoms with Gasteiger partial charge in [0.1, 0.15) is 0 Å². The van der Waals surface area contributed by atoms with Gasteiger partial charge in [0.2, 0.25) is 9.84 Å². The number of rotatable bonds is 5. The van der Waals surface area contributed by atoms with E-state index >= 15 is 0 Å². The summed E-state index contributed by atoms with van der Waals surface area (Å²) in [5.74, 6) is -0.702. The molecule has 0 spiro atoms. The summed E-state index contributed by atoms with van der Waals surface area (Å²) >= 11 is 0. The Labute approximate surface area is 210 Å². The summed E-state index contributed by atoms with van der Waals surface area (Å²) < 4.78 is 27.3. The molecule has 0 atom stereocenters. The summed E-state index contributed by atoms with van der Waals surface area (Å²) in [6.45, 7) is 0.557. The number of amides is 2. The third kappa shape index (κ3) is 4.29. The molecule has 0 aromatic heterocycles. The number of carbonyl (C=O) groups excluding carboxylic acids is 2. The Balaban J connectivity index is 1.61. The van der Waals surface area contributed by atoms with Gasteiger partial charge in [0.15, 0.2) is 0 Å². The molecule has 0 unspecified atom stereocenters. The average Bonchev–Trinajstić information content (AvgIpc) is 2.97. The normalized spacial score (nSPS) is 13.9. The Hall–Kier alpha value is -4.23. The van der Waals surface area contributed by atoms with Crippen LogP contribution in [0.4, 0.5) is 5.69 Å². The lowest BCUT2D eigenvalue weighted by Crippen LogP contribution is -2.31. The monoisotopic (exact) mass is 496 g/mol. The molecule has 0 fully saturated rings. The lowest BCUT2D eigenvalue weighted by atomic mass is 10.1. The quantitative estimate of drug-likeness (QED) is 0.392. The second kappa shape index (κ2) is 9.43. The van der Waals surface area contributed by atoms with Crippen molar-refractivity contribution in [3.05, 3.63) is 125 Å². The van der Waals surface area contributed by atoms with E-state index in [1.54, 1.807) is 24.1 Å². The van der Waals surface area contributed by atoms with Crippen LogP contribution in [0.2, 0.25) is 0 Å². The van der Waals surface area contributed by atoms with Crippen LogP contribution in [-0.4, -0.2) is 32.2 Å². The van der Waals surface area contributed by atoms with Crippen molar-refractivity contribution < 1.29 is 18.0 Å². The van der Waals surface area contributed by atoms with Crippen LogP contribution in [0.3, 0.4) is 0 Å². The van der Waals surface area contributed by atoms with E-state index in [-0.39, 0.29) is 33.5 Å². The van der Waals surface area contributed by atoms with Gasteiger partial charge in [-0.15, -0.1) is 0 Å². The first-order valence-corrected chi connectivity index (χ1v) is 13.0. The maximum atomic E-state index is 13.7. The molecule has 36 heavy (non-hydrogen) atoms. The predicted octanol–water partition coefficient (Wildman–Crippen LogP) is 4.95. The molecular formula is C29H24N2O4S. The van der Waals surface area contributed by atoms with Gasteiger partial charge in [-0.1, -0.05) is 72.8 Å². The molecular weight excluding hydrogens is 472 g/mol. The van der Waals surface area contributed by atoms with Gasteiger partial charge in [-0.05, 0) is 41.5 Å². The Morgan fingerprint density at radius 1 is 0.778 bits per heavy atom. The maximum Gasteiger partial charge on any atom is 0.259 e. The average molecular weight is 497 g/mol. The van der Waals surface area contributed by atoms with Crippen LogP contribution in [0.5, 0.6) is 0 Å². The van der Waals surface area contributed by atoms with Crippen LogP contribution in [-0.2, 0) is 22.9 Å². The van der Waals surface area contributed by atoms with Crippen molar-refractivity contribution in [2.45, 2.75) is 22.9 Å². The lowest BCUT2D eigenvalue weighted by Gasteiger charge is -2.24. The molecule has 1 aliphatic rings. The number of benzene rings is 4. The van der Waals surface area contributed by atoms with Gasteiger partial charge in [-0.3, -0.25) is 9.59 Å². The minimum absolute atomic E-state index is 0.000932. The number of hydrogen-bond acceptors (Lipinski definition) is 4. The summed E-state index contributed by atoms with van der Waals surface area (Å²) in [4.78, 5) is 30.0. The van der Waals surface area contributed by atoms with Gasteiger partial charge in [-0.25, -0.2) is 8.42 Å². The highest BCUT2D eigenvalue weighted by atomic mass is 32.2. The topological polar surface area (TPSA) is 74.8 Å². The molecule has 0 radical (unpaired) electrons. The minimum atomic E-state index is -3.99. The Morgan fingerprint density at radius 3 is 2.08 bits per heavy atom. The first-order valence-electron chi connectivity index (χ1n) is 11.5. The standard InChI is InChI=1S/C29H24N2O4S/c1-30(19-21-10-4-2-5-11-21)28(32)23-16-17-27-25(18-23)31(20-22-12-6-3-7-13-22)29(33)24-14-8-9-15-26(24)36(27,34)35/h2-18H,19-20H2,1H3. The molecule has 0 N–H and O–H groups in total. The van der Waals surface area contributed by atoms with E-state index in [0.29, 0.717) is 12.1 Å². The van der Waals surface area contributed by atoms with Crippen molar-refractivity contribution in [2.75, 3.05) is 11.9 Å². The largest absolute Gasteiger partial charge is 0.337 e. The van der Waals surface area contributed by atoms with E-state index in [4.69, 9.17) is 0 Å². The smallest absolute Gasteiger partial charge is 0.259 e. The number of nitrogens with zero attached hydrogens (tertiary/aromatic N) is 2. The summed E-state index contributed by atoms with van der Waals surface area (Å²) in [5, 5.41) is 0. The van der Waals surface area contributed by atoms with E-state index in [9.17, 15) is 18.0 Å². The van der Waals surface area contributed by atoms with Gasteiger partial charge in [0.05, 0.1) is 27.6 Å². The third-order valence-electron chi connectivity index (χ3n) is 6.23. The molecule has 6 nitrogen and oxygen atoms in total.